The van der Waals surface area contributed by atoms with Crippen LogP contribution in [0.4, 0.5) is 17.1 Å². The lowest BCUT2D eigenvalue weighted by Gasteiger charge is -2.35. The van der Waals surface area contributed by atoms with Gasteiger partial charge in [0.25, 0.3) is 0 Å². The summed E-state index contributed by atoms with van der Waals surface area (Å²) in [6.07, 6.45) is 0. The van der Waals surface area contributed by atoms with Gasteiger partial charge in [0, 0.05) is 33.5 Å². The summed E-state index contributed by atoms with van der Waals surface area (Å²) in [5.74, 6) is 0. The van der Waals surface area contributed by atoms with Gasteiger partial charge >= 0.3 is 0 Å². The van der Waals surface area contributed by atoms with Crippen molar-refractivity contribution in [3.05, 3.63) is 277 Å². The summed E-state index contributed by atoms with van der Waals surface area (Å²) in [5.41, 5.74) is 18.6. The van der Waals surface area contributed by atoms with Crippen LogP contribution in [-0.4, -0.2) is 4.57 Å². The summed E-state index contributed by atoms with van der Waals surface area (Å²) in [6, 6.07) is 93.3. The monoisotopic (exact) mass is 802 g/mol. The molecular weight excluding hydrogens is 761 g/mol. The van der Waals surface area contributed by atoms with Crippen LogP contribution >= 0.6 is 0 Å². The Hall–Kier alpha value is -8.20. The van der Waals surface area contributed by atoms with Crippen molar-refractivity contribution >= 4 is 38.9 Å². The maximum absolute atomic E-state index is 2.46. The second kappa shape index (κ2) is 15.1. The molecule has 0 saturated carbocycles. The topological polar surface area (TPSA) is 8.17 Å². The number of fused-ring (bicyclic) bond motifs is 6. The molecule has 0 aliphatic heterocycles. The van der Waals surface area contributed by atoms with Crippen molar-refractivity contribution in [2.24, 2.45) is 0 Å². The van der Waals surface area contributed by atoms with E-state index in [2.05, 4.69) is 264 Å². The van der Waals surface area contributed by atoms with Crippen LogP contribution in [0.3, 0.4) is 0 Å². The van der Waals surface area contributed by atoms with Gasteiger partial charge in [0.2, 0.25) is 0 Å². The predicted octanol–water partition coefficient (Wildman–Crippen LogP) is 16.0. The van der Waals surface area contributed by atoms with Gasteiger partial charge in [0.15, 0.2) is 0 Å². The summed E-state index contributed by atoms with van der Waals surface area (Å²) in [6.45, 7) is 0. The molecule has 63 heavy (non-hydrogen) atoms. The van der Waals surface area contributed by atoms with E-state index in [1.807, 2.05) is 0 Å². The van der Waals surface area contributed by atoms with Crippen molar-refractivity contribution in [3.8, 4) is 39.1 Å². The Labute approximate surface area is 368 Å². The molecule has 11 aromatic rings. The van der Waals surface area contributed by atoms with Crippen LogP contribution < -0.4 is 4.90 Å². The first-order valence-electron chi connectivity index (χ1n) is 21.8. The summed E-state index contributed by atoms with van der Waals surface area (Å²) in [4.78, 5) is 2.46. The Kier molecular flexibility index (Phi) is 8.76. The highest BCUT2D eigenvalue weighted by Gasteiger charge is 2.46. The first-order valence-corrected chi connectivity index (χ1v) is 21.8. The largest absolute Gasteiger partial charge is 0.310 e. The molecule has 0 unspecified atom stereocenters. The standard InChI is InChI=1S/C61H42N2/c1-5-20-43(21-6-1)45-24-17-30-49(40-45)62(50-31-18-27-47(41-50)61(46-25-9-3-10-26-46)56-35-15-13-32-53(56)54-33-14-16-36-57(54)61)51-38-39-58-55(42-51)60-52(44-22-7-2-8-23-44)34-19-37-59(60)63(58)48-28-11-4-12-29-48/h1-42H. The van der Waals surface area contributed by atoms with E-state index >= 15 is 0 Å². The molecule has 1 aromatic heterocycles. The number of benzene rings is 10. The molecule has 1 heterocycles. The van der Waals surface area contributed by atoms with E-state index in [-0.39, 0.29) is 0 Å². The predicted molar refractivity (Wildman–Crippen MR) is 264 cm³/mol. The van der Waals surface area contributed by atoms with Gasteiger partial charge in [0.1, 0.15) is 0 Å². The van der Waals surface area contributed by atoms with Gasteiger partial charge in [-0.1, -0.05) is 194 Å². The van der Waals surface area contributed by atoms with Gasteiger partial charge < -0.3 is 9.47 Å². The number of anilines is 3. The lowest BCUT2D eigenvalue weighted by Crippen LogP contribution is -2.28. The zero-order chi connectivity index (χ0) is 41.7. The summed E-state index contributed by atoms with van der Waals surface area (Å²) >= 11 is 0. The van der Waals surface area contributed by atoms with E-state index in [0.717, 1.165) is 28.3 Å². The van der Waals surface area contributed by atoms with Crippen LogP contribution in [0.1, 0.15) is 22.3 Å². The maximum atomic E-state index is 2.46. The van der Waals surface area contributed by atoms with Crippen LogP contribution in [0.15, 0.2) is 255 Å². The maximum Gasteiger partial charge on any atom is 0.0714 e. The van der Waals surface area contributed by atoms with Crippen molar-refractivity contribution < 1.29 is 0 Å². The third-order valence-corrected chi connectivity index (χ3v) is 13.0. The van der Waals surface area contributed by atoms with Crippen LogP contribution in [0.5, 0.6) is 0 Å². The number of nitrogens with zero attached hydrogens (tertiary/aromatic N) is 2. The van der Waals surface area contributed by atoms with Gasteiger partial charge in [-0.15, -0.1) is 0 Å². The van der Waals surface area contributed by atoms with Crippen LogP contribution in [0, 0.1) is 0 Å². The number of hydrogen-bond acceptors (Lipinski definition) is 1. The Bertz CT molecular complexity index is 3400. The van der Waals surface area contributed by atoms with Crippen LogP contribution in [0.2, 0.25) is 0 Å². The second-order valence-electron chi connectivity index (χ2n) is 16.4. The normalized spacial score (nSPS) is 12.6. The molecule has 0 amide bonds. The van der Waals surface area contributed by atoms with Gasteiger partial charge in [0.05, 0.1) is 16.4 Å². The van der Waals surface area contributed by atoms with E-state index in [0.29, 0.717) is 0 Å². The zero-order valence-corrected chi connectivity index (χ0v) is 34.6. The van der Waals surface area contributed by atoms with Gasteiger partial charge in [-0.25, -0.2) is 0 Å². The molecule has 0 atom stereocenters. The Morgan fingerprint density at radius 3 is 1.52 bits per heavy atom. The fraction of sp³-hybridized carbons (Fsp3) is 0.0164. The van der Waals surface area contributed by atoms with Gasteiger partial charge in [-0.3, -0.25) is 0 Å². The Morgan fingerprint density at radius 1 is 0.317 bits per heavy atom. The second-order valence-corrected chi connectivity index (χ2v) is 16.4. The van der Waals surface area contributed by atoms with Crippen molar-refractivity contribution in [3.63, 3.8) is 0 Å². The minimum atomic E-state index is -0.528. The molecule has 12 rings (SSSR count). The first-order chi connectivity index (χ1) is 31.3. The molecule has 10 aromatic carbocycles. The molecule has 0 saturated heterocycles. The van der Waals surface area contributed by atoms with Crippen molar-refractivity contribution in [1.29, 1.82) is 0 Å². The SMILES string of the molecule is c1ccc(-c2cccc(N(c3cccc(C4(c5ccccc5)c5ccccc5-c5ccccc54)c3)c3ccc4c(c3)c3c(-c5ccccc5)cccc3n4-c3ccccc3)c2)cc1. The average molecular weight is 803 g/mol. The molecule has 2 nitrogen and oxygen atoms in total. The lowest BCUT2D eigenvalue weighted by atomic mass is 9.67. The lowest BCUT2D eigenvalue weighted by molar-refractivity contribution is 0.768. The molecule has 0 N–H and O–H groups in total. The number of para-hydroxylation sites is 1. The molecule has 0 radical (unpaired) electrons. The molecule has 1 aliphatic carbocycles. The highest BCUT2D eigenvalue weighted by atomic mass is 15.1. The summed E-state index contributed by atoms with van der Waals surface area (Å²) in [5, 5.41) is 2.43. The third-order valence-electron chi connectivity index (χ3n) is 13.0. The van der Waals surface area contributed by atoms with Crippen molar-refractivity contribution in [2.75, 3.05) is 4.90 Å². The van der Waals surface area contributed by atoms with Crippen LogP contribution in [-0.2, 0) is 5.41 Å². The fourth-order valence-electron chi connectivity index (χ4n) is 10.4. The minimum Gasteiger partial charge on any atom is -0.310 e. The number of hydrogen-bond donors (Lipinski definition) is 0. The number of rotatable bonds is 8. The Morgan fingerprint density at radius 2 is 0.825 bits per heavy atom. The van der Waals surface area contributed by atoms with Crippen molar-refractivity contribution in [1.82, 2.24) is 4.57 Å². The third kappa shape index (κ3) is 5.87. The van der Waals surface area contributed by atoms with E-state index in [1.165, 1.54) is 71.9 Å². The molecular formula is C61H42N2. The minimum absolute atomic E-state index is 0.528. The van der Waals surface area contributed by atoms with E-state index in [1.54, 1.807) is 0 Å². The van der Waals surface area contributed by atoms with Gasteiger partial charge in [-0.2, -0.15) is 0 Å². The Balaban J connectivity index is 1.14. The highest BCUT2D eigenvalue weighted by molar-refractivity contribution is 6.16. The molecule has 2 heteroatoms. The van der Waals surface area contributed by atoms with E-state index < -0.39 is 5.41 Å². The van der Waals surface area contributed by atoms with E-state index in [4.69, 9.17) is 0 Å². The molecule has 0 bridgehead atoms. The average Bonchev–Trinajstić information content (AvgIpc) is 3.86. The van der Waals surface area contributed by atoms with E-state index in [9.17, 15) is 0 Å². The number of aromatic nitrogens is 1. The molecule has 0 fully saturated rings. The quantitative estimate of drug-likeness (QED) is 0.149. The first kappa shape index (κ1) is 36.6. The zero-order valence-electron chi connectivity index (χ0n) is 34.6. The van der Waals surface area contributed by atoms with Crippen LogP contribution in [0.25, 0.3) is 60.9 Å². The smallest absolute Gasteiger partial charge is 0.0714 e. The summed E-state index contributed by atoms with van der Waals surface area (Å²) < 4.78 is 2.42. The summed E-state index contributed by atoms with van der Waals surface area (Å²) in [7, 11) is 0. The highest BCUT2D eigenvalue weighted by Crippen LogP contribution is 2.56. The molecule has 296 valence electrons. The van der Waals surface area contributed by atoms with Crippen molar-refractivity contribution in [2.45, 2.75) is 5.41 Å². The van der Waals surface area contributed by atoms with Gasteiger partial charge in [-0.05, 0) is 116 Å². The molecule has 1 aliphatic rings. The fourth-order valence-corrected chi connectivity index (χ4v) is 10.4. The molecule has 0 spiro atoms.